The van der Waals surface area contributed by atoms with Crippen LogP contribution >= 0.6 is 0 Å². The molecule has 0 aromatic rings. The summed E-state index contributed by atoms with van der Waals surface area (Å²) in [6, 6.07) is -0.704. The van der Waals surface area contributed by atoms with Gasteiger partial charge in [-0.25, -0.2) is 8.42 Å². The van der Waals surface area contributed by atoms with E-state index in [2.05, 4.69) is 4.74 Å². The Morgan fingerprint density at radius 1 is 1.58 bits per heavy atom. The largest absolute Gasteiger partial charge is 0.463 e. The van der Waals surface area contributed by atoms with Crippen molar-refractivity contribution in [1.29, 1.82) is 0 Å². The van der Waals surface area contributed by atoms with Crippen molar-refractivity contribution in [3.63, 3.8) is 0 Å². The van der Waals surface area contributed by atoms with Gasteiger partial charge in [-0.05, 0) is 6.92 Å². The highest BCUT2D eigenvalue weighted by Crippen LogP contribution is 1.87. The summed E-state index contributed by atoms with van der Waals surface area (Å²) in [6.07, 6.45) is 1.08. The number of rotatable bonds is 4. The van der Waals surface area contributed by atoms with Crippen molar-refractivity contribution in [2.24, 2.45) is 5.73 Å². The van der Waals surface area contributed by atoms with Crippen molar-refractivity contribution >= 4 is 15.8 Å². The molecule has 0 fully saturated rings. The summed E-state index contributed by atoms with van der Waals surface area (Å²) in [5, 5.41) is 0. The molecule has 1 unspecified atom stereocenters. The average molecular weight is 195 g/mol. The Bertz CT molecular complexity index is 244. The first-order valence-electron chi connectivity index (χ1n) is 3.43. The second-order valence-electron chi connectivity index (χ2n) is 2.59. The standard InChI is InChI=1S/C6H13NO4S/c1-5(7)6(8)11-3-4-12(2,9)10/h5H,3-4,7H2,1-2H3. The van der Waals surface area contributed by atoms with E-state index in [0.29, 0.717) is 0 Å². The predicted octanol–water partition coefficient (Wildman–Crippen LogP) is -1.08. The van der Waals surface area contributed by atoms with Gasteiger partial charge in [0.2, 0.25) is 0 Å². The van der Waals surface area contributed by atoms with Gasteiger partial charge >= 0.3 is 5.97 Å². The lowest BCUT2D eigenvalue weighted by Gasteiger charge is -2.05. The second-order valence-corrected chi connectivity index (χ2v) is 4.85. The number of carbonyl (C=O) groups is 1. The molecule has 0 aliphatic heterocycles. The fourth-order valence-electron chi connectivity index (χ4n) is 0.425. The molecule has 0 aliphatic rings. The third kappa shape index (κ3) is 6.11. The number of hydrogen-bond acceptors (Lipinski definition) is 5. The van der Waals surface area contributed by atoms with Crippen molar-refractivity contribution in [1.82, 2.24) is 0 Å². The van der Waals surface area contributed by atoms with Crippen LogP contribution < -0.4 is 5.73 Å². The maximum absolute atomic E-state index is 10.7. The Morgan fingerprint density at radius 3 is 2.42 bits per heavy atom. The third-order valence-corrected chi connectivity index (χ3v) is 1.98. The maximum atomic E-state index is 10.7. The highest BCUT2D eigenvalue weighted by atomic mass is 32.2. The Labute approximate surface area is 71.8 Å². The van der Waals surface area contributed by atoms with Crippen LogP contribution in [0.4, 0.5) is 0 Å². The molecule has 72 valence electrons. The van der Waals surface area contributed by atoms with E-state index in [1.165, 1.54) is 6.92 Å². The zero-order chi connectivity index (χ0) is 9.78. The molecular weight excluding hydrogens is 182 g/mol. The Balaban J connectivity index is 3.66. The molecule has 0 aromatic carbocycles. The Morgan fingerprint density at radius 2 is 2.08 bits per heavy atom. The maximum Gasteiger partial charge on any atom is 0.322 e. The minimum atomic E-state index is -3.06. The van der Waals surface area contributed by atoms with E-state index in [1.54, 1.807) is 0 Å². The van der Waals surface area contributed by atoms with Gasteiger partial charge in [-0.2, -0.15) is 0 Å². The van der Waals surface area contributed by atoms with Crippen molar-refractivity contribution < 1.29 is 17.9 Å². The van der Waals surface area contributed by atoms with Gasteiger partial charge in [0, 0.05) is 6.26 Å². The molecule has 5 nitrogen and oxygen atoms in total. The number of sulfone groups is 1. The van der Waals surface area contributed by atoms with Crippen LogP contribution in [0.2, 0.25) is 0 Å². The molecule has 0 saturated heterocycles. The number of hydrogen-bond donors (Lipinski definition) is 1. The summed E-state index contributed by atoms with van der Waals surface area (Å²) in [4.78, 5) is 10.7. The molecule has 2 N–H and O–H groups in total. The third-order valence-electron chi connectivity index (χ3n) is 1.07. The molecule has 0 aliphatic carbocycles. The van der Waals surface area contributed by atoms with Crippen LogP contribution in [0.15, 0.2) is 0 Å². The molecule has 0 spiro atoms. The fourth-order valence-corrected chi connectivity index (χ4v) is 0.811. The summed E-state index contributed by atoms with van der Waals surface area (Å²) in [5.74, 6) is -0.746. The molecule has 0 heterocycles. The summed E-state index contributed by atoms with van der Waals surface area (Å²) in [6.45, 7) is 1.35. The van der Waals surface area contributed by atoms with Gasteiger partial charge in [-0.15, -0.1) is 0 Å². The molecule has 0 bridgehead atoms. The van der Waals surface area contributed by atoms with Crippen LogP contribution in [0.1, 0.15) is 6.92 Å². The van der Waals surface area contributed by atoms with Gasteiger partial charge in [0.05, 0.1) is 5.75 Å². The summed E-state index contributed by atoms with van der Waals surface area (Å²) < 4.78 is 25.7. The van der Waals surface area contributed by atoms with E-state index in [-0.39, 0.29) is 12.4 Å². The normalized spacial score (nSPS) is 13.9. The average Bonchev–Trinajstić information content (AvgIpc) is 1.84. The van der Waals surface area contributed by atoms with Crippen LogP contribution in [0.5, 0.6) is 0 Å². The SMILES string of the molecule is CC(N)C(=O)OCCS(C)(=O)=O. The summed E-state index contributed by atoms with van der Waals surface area (Å²) in [5.41, 5.74) is 5.16. The van der Waals surface area contributed by atoms with Crippen LogP contribution in [-0.4, -0.2) is 39.0 Å². The molecule has 6 heteroatoms. The fraction of sp³-hybridized carbons (Fsp3) is 0.833. The zero-order valence-electron chi connectivity index (χ0n) is 7.11. The summed E-state index contributed by atoms with van der Waals surface area (Å²) >= 11 is 0. The molecule has 0 radical (unpaired) electrons. The smallest absolute Gasteiger partial charge is 0.322 e. The lowest BCUT2D eigenvalue weighted by Crippen LogP contribution is -2.30. The van der Waals surface area contributed by atoms with E-state index < -0.39 is 21.8 Å². The highest BCUT2D eigenvalue weighted by Gasteiger charge is 2.09. The Hall–Kier alpha value is -0.620. The van der Waals surface area contributed by atoms with E-state index in [4.69, 9.17) is 5.73 Å². The number of esters is 1. The minimum Gasteiger partial charge on any atom is -0.463 e. The lowest BCUT2D eigenvalue weighted by molar-refractivity contribution is -0.144. The summed E-state index contributed by atoms with van der Waals surface area (Å²) in [7, 11) is -3.06. The number of carbonyl (C=O) groups excluding carboxylic acids is 1. The molecule has 0 saturated carbocycles. The van der Waals surface area contributed by atoms with E-state index in [0.717, 1.165) is 6.26 Å². The minimum absolute atomic E-state index is 0.126. The van der Waals surface area contributed by atoms with Gasteiger partial charge in [-0.1, -0.05) is 0 Å². The molecule has 0 rings (SSSR count). The van der Waals surface area contributed by atoms with Crippen LogP contribution in [0, 0.1) is 0 Å². The van der Waals surface area contributed by atoms with Crippen molar-refractivity contribution in [3.05, 3.63) is 0 Å². The van der Waals surface area contributed by atoms with Crippen LogP contribution in [0.3, 0.4) is 0 Å². The first-order valence-corrected chi connectivity index (χ1v) is 5.49. The van der Waals surface area contributed by atoms with Gasteiger partial charge < -0.3 is 10.5 Å². The molecule has 1 atom stereocenters. The quantitative estimate of drug-likeness (QED) is 0.577. The van der Waals surface area contributed by atoms with Gasteiger partial charge in [-0.3, -0.25) is 4.79 Å². The van der Waals surface area contributed by atoms with E-state index in [1.807, 2.05) is 0 Å². The topological polar surface area (TPSA) is 86.5 Å². The molecule has 0 amide bonds. The van der Waals surface area contributed by atoms with Gasteiger partial charge in [0.1, 0.15) is 12.6 Å². The number of nitrogens with two attached hydrogens (primary N) is 1. The van der Waals surface area contributed by atoms with Crippen molar-refractivity contribution in [3.8, 4) is 0 Å². The number of ether oxygens (including phenoxy) is 1. The first-order chi connectivity index (χ1) is 5.33. The van der Waals surface area contributed by atoms with Crippen molar-refractivity contribution in [2.45, 2.75) is 13.0 Å². The van der Waals surface area contributed by atoms with E-state index in [9.17, 15) is 13.2 Å². The monoisotopic (exact) mass is 195 g/mol. The van der Waals surface area contributed by atoms with Crippen LogP contribution in [-0.2, 0) is 19.4 Å². The van der Waals surface area contributed by atoms with Gasteiger partial charge in [0.25, 0.3) is 0 Å². The molecular formula is C6H13NO4S. The molecule has 0 aromatic heterocycles. The second kappa shape index (κ2) is 4.42. The van der Waals surface area contributed by atoms with E-state index >= 15 is 0 Å². The lowest BCUT2D eigenvalue weighted by atomic mass is 10.4. The Kier molecular flexibility index (Phi) is 4.19. The first kappa shape index (κ1) is 11.4. The molecule has 12 heavy (non-hydrogen) atoms. The predicted molar refractivity (Wildman–Crippen MR) is 44.3 cm³/mol. The van der Waals surface area contributed by atoms with Crippen molar-refractivity contribution in [2.75, 3.05) is 18.6 Å². The zero-order valence-corrected chi connectivity index (χ0v) is 7.93. The highest BCUT2D eigenvalue weighted by molar-refractivity contribution is 7.90. The van der Waals surface area contributed by atoms with Crippen LogP contribution in [0.25, 0.3) is 0 Å². The van der Waals surface area contributed by atoms with Gasteiger partial charge in [0.15, 0.2) is 9.84 Å².